The highest BCUT2D eigenvalue weighted by Gasteiger charge is 2.48. The zero-order chi connectivity index (χ0) is 25.0. The van der Waals surface area contributed by atoms with Crippen molar-refractivity contribution in [2.75, 3.05) is 25.6 Å². The van der Waals surface area contributed by atoms with Crippen LogP contribution in [0, 0.1) is 0 Å². The molecule has 5 atom stereocenters. The van der Waals surface area contributed by atoms with Crippen LogP contribution in [0.2, 0.25) is 0 Å². The van der Waals surface area contributed by atoms with Crippen molar-refractivity contribution in [1.82, 2.24) is 0 Å². The van der Waals surface area contributed by atoms with Crippen LogP contribution in [0.15, 0.2) is 41.3 Å². The fraction of sp³-hybridized carbons (Fsp3) is 0.458. The van der Waals surface area contributed by atoms with E-state index < -0.39 is 47.7 Å². The number of benzene rings is 2. The van der Waals surface area contributed by atoms with E-state index in [9.17, 15) is 14.4 Å². The van der Waals surface area contributed by atoms with E-state index in [-0.39, 0.29) is 6.61 Å². The number of rotatable bonds is 7. The second-order valence-electron chi connectivity index (χ2n) is 8.24. The number of ether oxygens (including phenoxy) is 4. The Morgan fingerprint density at radius 1 is 1.00 bits per heavy atom. The van der Waals surface area contributed by atoms with Crippen molar-refractivity contribution in [3.63, 3.8) is 0 Å². The van der Waals surface area contributed by atoms with Crippen molar-refractivity contribution >= 4 is 46.1 Å². The monoisotopic (exact) mass is 490 g/mol. The normalized spacial score (nSPS) is 24.4. The number of fused-ring (bicyclic) bond motifs is 1. The van der Waals surface area contributed by atoms with Crippen molar-refractivity contribution in [2.45, 2.75) is 55.5 Å². The molecule has 0 spiro atoms. The van der Waals surface area contributed by atoms with Crippen LogP contribution in [0.1, 0.15) is 20.8 Å². The van der Waals surface area contributed by atoms with Crippen molar-refractivity contribution in [3.8, 4) is 0 Å². The Bertz CT molecular complexity index is 1060. The Labute approximate surface area is 202 Å². The number of carbonyl (C=O) groups is 3. The Kier molecular flexibility index (Phi) is 8.40. The van der Waals surface area contributed by atoms with Gasteiger partial charge in [-0.05, 0) is 23.6 Å². The van der Waals surface area contributed by atoms with Crippen molar-refractivity contribution < 1.29 is 33.3 Å². The minimum Gasteiger partial charge on any atom is -0.463 e. The maximum atomic E-state index is 11.8. The lowest BCUT2D eigenvalue weighted by molar-refractivity contribution is -0.201. The number of nitrogens with zero attached hydrogens (tertiary/aromatic N) is 1. The van der Waals surface area contributed by atoms with Gasteiger partial charge in [-0.2, -0.15) is 0 Å². The first-order chi connectivity index (χ1) is 16.1. The molecular weight excluding hydrogens is 460 g/mol. The average molecular weight is 491 g/mol. The number of carbonyl (C=O) groups excluding carboxylic acids is 3. The summed E-state index contributed by atoms with van der Waals surface area (Å²) in [4.78, 5) is 37.8. The summed E-state index contributed by atoms with van der Waals surface area (Å²) in [5, 5.41) is 2.13. The van der Waals surface area contributed by atoms with E-state index in [2.05, 4.69) is 0 Å². The molecule has 0 radical (unpaired) electrons. The standard InChI is InChI=1S/C24H30N2O7S/c1-13(27)30-12-20-22(31-14(2)28)21(25)23(32-15(3)29)24(33-20)34-17-9-10-18-16(11-17)7-6-8-19(18)26(4)5/h6-11,20-24H,12,25H2,1-5H3. The van der Waals surface area contributed by atoms with Gasteiger partial charge in [0.05, 0.1) is 6.04 Å². The summed E-state index contributed by atoms with van der Waals surface area (Å²) in [6.07, 6.45) is -2.69. The molecule has 2 aromatic rings. The lowest BCUT2D eigenvalue weighted by Crippen LogP contribution is -2.63. The predicted octanol–water partition coefficient (Wildman–Crippen LogP) is 2.48. The molecule has 1 saturated heterocycles. The van der Waals surface area contributed by atoms with E-state index in [0.717, 1.165) is 21.4 Å². The number of hydrogen-bond donors (Lipinski definition) is 1. The highest BCUT2D eigenvalue weighted by molar-refractivity contribution is 7.99. The van der Waals surface area contributed by atoms with Gasteiger partial charge in [-0.3, -0.25) is 14.4 Å². The second kappa shape index (κ2) is 11.1. The maximum Gasteiger partial charge on any atom is 0.303 e. The molecule has 0 bridgehead atoms. The lowest BCUT2D eigenvalue weighted by atomic mass is 9.97. The van der Waals surface area contributed by atoms with Crippen LogP contribution in [-0.4, -0.2) is 68.4 Å². The Morgan fingerprint density at radius 2 is 1.68 bits per heavy atom. The van der Waals surface area contributed by atoms with Crippen molar-refractivity contribution in [3.05, 3.63) is 36.4 Å². The molecule has 1 aliphatic rings. The minimum absolute atomic E-state index is 0.158. The molecule has 1 fully saturated rings. The molecule has 3 rings (SSSR count). The van der Waals surface area contributed by atoms with Crippen LogP contribution in [0.4, 0.5) is 5.69 Å². The third-order valence-electron chi connectivity index (χ3n) is 5.32. The van der Waals surface area contributed by atoms with E-state index in [1.807, 2.05) is 55.4 Å². The Morgan fingerprint density at radius 3 is 2.29 bits per heavy atom. The molecule has 2 aromatic carbocycles. The van der Waals surface area contributed by atoms with E-state index >= 15 is 0 Å². The van der Waals surface area contributed by atoms with Crippen molar-refractivity contribution in [1.29, 1.82) is 0 Å². The maximum absolute atomic E-state index is 11.8. The van der Waals surface area contributed by atoms with Crippen LogP contribution in [0.5, 0.6) is 0 Å². The van der Waals surface area contributed by atoms with Crippen molar-refractivity contribution in [2.24, 2.45) is 5.73 Å². The minimum atomic E-state index is -0.961. The first-order valence-corrected chi connectivity index (χ1v) is 11.7. The van der Waals surface area contributed by atoms with Gasteiger partial charge in [0.15, 0.2) is 6.10 Å². The number of anilines is 1. The van der Waals surface area contributed by atoms with Gasteiger partial charge >= 0.3 is 17.9 Å². The highest BCUT2D eigenvalue weighted by atomic mass is 32.2. The van der Waals surface area contributed by atoms with Crippen LogP contribution in [0.25, 0.3) is 10.8 Å². The van der Waals surface area contributed by atoms with Gasteiger partial charge in [-0.1, -0.05) is 30.0 Å². The van der Waals surface area contributed by atoms with Crippen LogP contribution < -0.4 is 10.6 Å². The Balaban J connectivity index is 1.92. The number of hydrogen-bond acceptors (Lipinski definition) is 10. The molecule has 10 heteroatoms. The SMILES string of the molecule is CC(=O)OCC1OC(Sc2ccc3c(N(C)C)cccc3c2)C(OC(C)=O)C(N)C1OC(C)=O. The van der Waals surface area contributed by atoms with Crippen LogP contribution >= 0.6 is 11.8 Å². The smallest absolute Gasteiger partial charge is 0.303 e. The summed E-state index contributed by atoms with van der Waals surface area (Å²) < 4.78 is 22.1. The molecule has 0 amide bonds. The van der Waals surface area contributed by atoms with Gasteiger partial charge in [0.25, 0.3) is 0 Å². The molecule has 1 heterocycles. The van der Waals surface area contributed by atoms with E-state index in [0.29, 0.717) is 0 Å². The summed E-state index contributed by atoms with van der Waals surface area (Å²) in [6.45, 7) is 3.64. The highest BCUT2D eigenvalue weighted by Crippen LogP contribution is 2.37. The molecule has 34 heavy (non-hydrogen) atoms. The number of thioether (sulfide) groups is 1. The fourth-order valence-corrected chi connectivity index (χ4v) is 5.07. The molecule has 9 nitrogen and oxygen atoms in total. The first kappa shape index (κ1) is 25.8. The molecule has 0 aliphatic carbocycles. The van der Waals surface area contributed by atoms with Gasteiger partial charge in [-0.25, -0.2) is 0 Å². The summed E-state index contributed by atoms with van der Waals surface area (Å²) >= 11 is 1.33. The zero-order valence-corrected chi connectivity index (χ0v) is 20.7. The molecular formula is C24H30N2O7S. The predicted molar refractivity (Wildman–Crippen MR) is 129 cm³/mol. The van der Waals surface area contributed by atoms with Gasteiger partial charge < -0.3 is 29.6 Å². The van der Waals surface area contributed by atoms with E-state index in [1.54, 1.807) is 0 Å². The molecule has 0 saturated carbocycles. The van der Waals surface area contributed by atoms with Gasteiger partial charge in [-0.15, -0.1) is 0 Å². The topological polar surface area (TPSA) is 117 Å². The summed E-state index contributed by atoms with van der Waals surface area (Å²) in [7, 11) is 3.97. The summed E-state index contributed by atoms with van der Waals surface area (Å²) in [5.41, 5.74) is 6.78. The molecule has 5 unspecified atom stereocenters. The number of esters is 3. The quantitative estimate of drug-likeness (QED) is 0.458. The first-order valence-electron chi connectivity index (χ1n) is 10.8. The van der Waals surface area contributed by atoms with E-state index in [4.69, 9.17) is 24.7 Å². The molecule has 2 N–H and O–H groups in total. The summed E-state index contributed by atoms with van der Waals surface area (Å²) in [6, 6.07) is 11.2. The van der Waals surface area contributed by atoms with Gasteiger partial charge in [0.2, 0.25) is 0 Å². The largest absolute Gasteiger partial charge is 0.463 e. The number of nitrogens with two attached hydrogens (primary N) is 1. The average Bonchev–Trinajstić information content (AvgIpc) is 2.75. The Hall–Kier alpha value is -2.82. The van der Waals surface area contributed by atoms with E-state index in [1.165, 1.54) is 32.5 Å². The molecule has 184 valence electrons. The van der Waals surface area contributed by atoms with Crippen LogP contribution in [0.3, 0.4) is 0 Å². The lowest BCUT2D eigenvalue weighted by Gasteiger charge is -2.43. The zero-order valence-electron chi connectivity index (χ0n) is 19.8. The molecule has 0 aromatic heterocycles. The fourth-order valence-electron chi connectivity index (χ4n) is 3.89. The third-order valence-corrected chi connectivity index (χ3v) is 6.46. The van der Waals surface area contributed by atoms with Gasteiger partial charge in [0, 0.05) is 50.8 Å². The van der Waals surface area contributed by atoms with Gasteiger partial charge in [0.1, 0.15) is 24.3 Å². The summed E-state index contributed by atoms with van der Waals surface area (Å²) in [5.74, 6) is -1.61. The third kappa shape index (κ3) is 6.19. The molecule has 1 aliphatic heterocycles. The second-order valence-corrected chi connectivity index (χ2v) is 9.42. The van der Waals surface area contributed by atoms with Crippen LogP contribution in [-0.2, 0) is 33.3 Å².